The first-order valence-electron chi connectivity index (χ1n) is 11.7. The summed E-state index contributed by atoms with van der Waals surface area (Å²) >= 11 is 0. The summed E-state index contributed by atoms with van der Waals surface area (Å²) in [5, 5.41) is 10.0. The first-order valence-corrected chi connectivity index (χ1v) is 11.7. The lowest BCUT2D eigenvalue weighted by atomic mass is 9.86. The Morgan fingerprint density at radius 3 is 2.66 bits per heavy atom. The van der Waals surface area contributed by atoms with Gasteiger partial charge < -0.3 is 14.7 Å². The second-order valence-corrected chi connectivity index (χ2v) is 8.89. The largest absolute Gasteiger partial charge is 0.490 e. The van der Waals surface area contributed by atoms with E-state index in [1.54, 1.807) is 0 Å². The summed E-state index contributed by atoms with van der Waals surface area (Å²) in [4.78, 5) is 24.0. The maximum atomic E-state index is 15.1. The molecule has 0 saturated carbocycles. The molecule has 4 rings (SSSR count). The number of carbonyl (C=O) groups is 1. The van der Waals surface area contributed by atoms with Crippen molar-refractivity contribution in [1.82, 2.24) is 9.97 Å². The first kappa shape index (κ1) is 22.5. The Morgan fingerprint density at radius 1 is 1.22 bits per heavy atom. The van der Waals surface area contributed by atoms with Crippen LogP contribution in [0, 0.1) is 19.7 Å². The van der Waals surface area contributed by atoms with E-state index in [0.717, 1.165) is 56.3 Å². The molecule has 3 heterocycles. The molecule has 1 saturated heterocycles. The van der Waals surface area contributed by atoms with E-state index in [0.29, 0.717) is 47.2 Å². The van der Waals surface area contributed by atoms with Crippen LogP contribution in [0.3, 0.4) is 0 Å². The number of carboxylic acid groups (broad SMARTS) is 1. The monoisotopic (exact) mass is 441 g/mol. The summed E-state index contributed by atoms with van der Waals surface area (Å²) in [5.74, 6) is -1.12. The van der Waals surface area contributed by atoms with Crippen molar-refractivity contribution in [3.05, 3.63) is 34.3 Å². The summed E-state index contributed by atoms with van der Waals surface area (Å²) in [5.41, 5.74) is 4.21. The van der Waals surface area contributed by atoms with Crippen LogP contribution in [0.5, 0.6) is 5.75 Å². The highest BCUT2D eigenvalue weighted by Crippen LogP contribution is 2.41. The molecule has 32 heavy (non-hydrogen) atoms. The number of piperidine rings is 1. The number of anilines is 1. The quantitative estimate of drug-likeness (QED) is 0.665. The molecule has 1 fully saturated rings. The van der Waals surface area contributed by atoms with E-state index in [4.69, 9.17) is 14.7 Å². The summed E-state index contributed by atoms with van der Waals surface area (Å²) in [7, 11) is 0. The van der Waals surface area contributed by atoms with Crippen LogP contribution in [0.2, 0.25) is 0 Å². The van der Waals surface area contributed by atoms with E-state index in [-0.39, 0.29) is 0 Å². The minimum absolute atomic E-state index is 0.324. The highest BCUT2D eigenvalue weighted by atomic mass is 19.1. The third-order valence-electron chi connectivity index (χ3n) is 6.68. The topological polar surface area (TPSA) is 75.5 Å². The molecule has 0 aliphatic carbocycles. The van der Waals surface area contributed by atoms with E-state index in [9.17, 15) is 9.90 Å². The van der Waals surface area contributed by atoms with Gasteiger partial charge in [-0.15, -0.1) is 0 Å². The van der Waals surface area contributed by atoms with Crippen LogP contribution in [0.25, 0.3) is 11.3 Å². The molecule has 0 amide bonds. The molecular weight excluding hydrogens is 409 g/mol. The zero-order chi connectivity index (χ0) is 22.8. The molecule has 2 aromatic rings. The zero-order valence-corrected chi connectivity index (χ0v) is 19.2. The van der Waals surface area contributed by atoms with E-state index in [2.05, 4.69) is 4.90 Å². The lowest BCUT2D eigenvalue weighted by Crippen LogP contribution is -2.31. The Morgan fingerprint density at radius 2 is 1.97 bits per heavy atom. The Balaban J connectivity index is 1.95. The number of nitrogens with zero attached hydrogens (tertiary/aromatic N) is 3. The van der Waals surface area contributed by atoms with Gasteiger partial charge in [-0.2, -0.15) is 0 Å². The van der Waals surface area contributed by atoms with Crippen LogP contribution in [0.15, 0.2) is 6.07 Å². The smallest absolute Gasteiger partial charge is 0.311 e. The van der Waals surface area contributed by atoms with Gasteiger partial charge >= 0.3 is 5.97 Å². The molecule has 0 radical (unpaired) electrons. The average Bonchev–Trinajstić information content (AvgIpc) is 2.80. The fourth-order valence-corrected chi connectivity index (χ4v) is 5.01. The Bertz CT molecular complexity index is 1020. The van der Waals surface area contributed by atoms with Crippen LogP contribution >= 0.6 is 0 Å². The van der Waals surface area contributed by atoms with Crippen molar-refractivity contribution in [3.63, 3.8) is 0 Å². The molecule has 2 aliphatic heterocycles. The number of aromatic nitrogens is 2. The third kappa shape index (κ3) is 4.17. The van der Waals surface area contributed by atoms with Crippen molar-refractivity contribution in [3.8, 4) is 17.0 Å². The number of fused-ring (bicyclic) bond motifs is 1. The number of rotatable bonds is 6. The normalized spacial score (nSPS) is 16.9. The van der Waals surface area contributed by atoms with Gasteiger partial charge in [0.15, 0.2) is 11.6 Å². The second-order valence-electron chi connectivity index (χ2n) is 8.89. The molecule has 1 aromatic heterocycles. The number of hydrogen-bond donors (Lipinski definition) is 1. The number of carboxylic acids is 1. The first-order chi connectivity index (χ1) is 15.4. The van der Waals surface area contributed by atoms with Crippen molar-refractivity contribution >= 4 is 11.9 Å². The van der Waals surface area contributed by atoms with E-state index in [1.165, 1.54) is 12.5 Å². The minimum atomic E-state index is -0.898. The average molecular weight is 442 g/mol. The molecule has 1 aromatic carbocycles. The standard InChI is InChI=1S/C25H32FN3O3/c1-4-9-18(24(30)31)21-16(3)27-25(29-11-6-5-7-12-29)28-22(21)19-14-20(26)23-17(15(19)2)10-8-13-32-23/h14,18H,4-13H2,1-3H3,(H,30,31). The molecule has 6 nitrogen and oxygen atoms in total. The molecule has 2 aliphatic rings. The van der Waals surface area contributed by atoms with Crippen LogP contribution < -0.4 is 9.64 Å². The summed E-state index contributed by atoms with van der Waals surface area (Å²) in [6.07, 6.45) is 6.11. The lowest BCUT2D eigenvalue weighted by molar-refractivity contribution is -0.139. The fourth-order valence-electron chi connectivity index (χ4n) is 5.01. The molecule has 7 heteroatoms. The van der Waals surface area contributed by atoms with Crippen molar-refractivity contribution < 1.29 is 19.0 Å². The highest BCUT2D eigenvalue weighted by Gasteiger charge is 2.30. The van der Waals surface area contributed by atoms with Crippen molar-refractivity contribution in [2.75, 3.05) is 24.6 Å². The number of hydrogen-bond acceptors (Lipinski definition) is 5. The van der Waals surface area contributed by atoms with Crippen molar-refractivity contribution in [2.45, 2.75) is 71.6 Å². The van der Waals surface area contributed by atoms with E-state index in [1.807, 2.05) is 20.8 Å². The Hall–Kier alpha value is -2.70. The molecule has 1 N–H and O–H groups in total. The van der Waals surface area contributed by atoms with Gasteiger partial charge in [0.2, 0.25) is 5.95 Å². The SMILES string of the molecule is CCCC(C(=O)O)c1c(C)nc(N2CCCCC2)nc1-c1cc(F)c2c(c1C)CCCO2. The van der Waals surface area contributed by atoms with Gasteiger partial charge in [0.05, 0.1) is 18.2 Å². The van der Waals surface area contributed by atoms with Crippen molar-refractivity contribution in [1.29, 1.82) is 0 Å². The Labute approximate surface area is 188 Å². The van der Waals surface area contributed by atoms with Crippen LogP contribution in [0.4, 0.5) is 10.3 Å². The molecule has 0 spiro atoms. The predicted molar refractivity (Wildman–Crippen MR) is 122 cm³/mol. The number of halogens is 1. The van der Waals surface area contributed by atoms with Gasteiger partial charge in [-0.25, -0.2) is 14.4 Å². The number of aliphatic carboxylic acids is 1. The number of ether oxygens (including phenoxy) is 1. The van der Waals surface area contributed by atoms with Gasteiger partial charge in [-0.3, -0.25) is 4.79 Å². The summed E-state index contributed by atoms with van der Waals surface area (Å²) in [6.45, 7) is 8.04. The molecule has 0 bridgehead atoms. The molecule has 172 valence electrons. The number of aryl methyl sites for hydroxylation is 1. The van der Waals surface area contributed by atoms with Gasteiger partial charge in [-0.05, 0) is 64.0 Å². The van der Waals surface area contributed by atoms with Crippen molar-refractivity contribution in [2.24, 2.45) is 0 Å². The van der Waals surface area contributed by atoms with Gasteiger partial charge in [0.1, 0.15) is 0 Å². The predicted octanol–water partition coefficient (Wildman–Crippen LogP) is 5.18. The zero-order valence-electron chi connectivity index (χ0n) is 19.2. The minimum Gasteiger partial charge on any atom is -0.490 e. The van der Waals surface area contributed by atoms with Crippen LogP contribution in [0.1, 0.15) is 73.8 Å². The van der Waals surface area contributed by atoms with Crippen LogP contribution in [-0.2, 0) is 11.2 Å². The maximum absolute atomic E-state index is 15.1. The maximum Gasteiger partial charge on any atom is 0.311 e. The summed E-state index contributed by atoms with van der Waals surface area (Å²) < 4.78 is 20.7. The van der Waals surface area contributed by atoms with Gasteiger partial charge in [0, 0.05) is 35.5 Å². The van der Waals surface area contributed by atoms with E-state index >= 15 is 4.39 Å². The van der Waals surface area contributed by atoms with E-state index < -0.39 is 17.7 Å². The molecular formula is C25H32FN3O3. The number of benzene rings is 1. The van der Waals surface area contributed by atoms with Crippen LogP contribution in [-0.4, -0.2) is 40.7 Å². The second kappa shape index (κ2) is 9.43. The van der Waals surface area contributed by atoms with Gasteiger partial charge in [0.25, 0.3) is 0 Å². The highest BCUT2D eigenvalue weighted by molar-refractivity contribution is 5.82. The third-order valence-corrected chi connectivity index (χ3v) is 6.68. The van der Waals surface area contributed by atoms with Gasteiger partial charge in [-0.1, -0.05) is 13.3 Å². The molecule has 1 atom stereocenters. The Kier molecular flexibility index (Phi) is 6.63. The molecule has 1 unspecified atom stereocenters. The summed E-state index contributed by atoms with van der Waals surface area (Å²) in [6, 6.07) is 1.47. The fraction of sp³-hybridized carbons (Fsp3) is 0.560. The lowest BCUT2D eigenvalue weighted by Gasteiger charge is -2.29.